The number of benzene rings is 2. The summed E-state index contributed by atoms with van der Waals surface area (Å²) in [5.74, 6) is 6.38. The first-order valence-electron chi connectivity index (χ1n) is 8.88. The van der Waals surface area contributed by atoms with Crippen LogP contribution in [0.1, 0.15) is 16.7 Å². The molecule has 4 heteroatoms. The van der Waals surface area contributed by atoms with Gasteiger partial charge < -0.3 is 0 Å². The van der Waals surface area contributed by atoms with Crippen LogP contribution in [0.4, 0.5) is 0 Å². The first-order valence-corrected chi connectivity index (χ1v) is 8.88. The van der Waals surface area contributed by atoms with Gasteiger partial charge >= 0.3 is 0 Å². The minimum absolute atomic E-state index is 0.847. The third kappa shape index (κ3) is 2.89. The Morgan fingerprint density at radius 2 is 1.75 bits per heavy atom. The van der Waals surface area contributed by atoms with Gasteiger partial charge in [-0.2, -0.15) is 0 Å². The highest BCUT2D eigenvalue weighted by Gasteiger charge is 2.10. The highest BCUT2D eigenvalue weighted by molar-refractivity contribution is 6.03. The zero-order valence-corrected chi connectivity index (χ0v) is 15.0. The van der Waals surface area contributed by atoms with Crippen LogP contribution in [0.3, 0.4) is 0 Å². The first-order chi connectivity index (χ1) is 13.8. The Kier molecular flexibility index (Phi) is 3.85. The van der Waals surface area contributed by atoms with E-state index in [0.717, 1.165) is 44.3 Å². The molecule has 0 atom stereocenters. The fourth-order valence-corrected chi connectivity index (χ4v) is 3.25. The van der Waals surface area contributed by atoms with Crippen LogP contribution >= 0.6 is 0 Å². The van der Waals surface area contributed by atoms with Crippen LogP contribution in [0.5, 0.6) is 0 Å². The fourth-order valence-electron chi connectivity index (χ4n) is 3.25. The molecule has 5 aromatic rings. The van der Waals surface area contributed by atoms with E-state index in [1.54, 1.807) is 12.4 Å². The minimum atomic E-state index is 0.847. The van der Waals surface area contributed by atoms with Crippen LogP contribution in [0.25, 0.3) is 27.6 Å². The van der Waals surface area contributed by atoms with Crippen molar-refractivity contribution >= 4 is 21.9 Å². The number of pyridine rings is 2. The van der Waals surface area contributed by atoms with Gasteiger partial charge in [0, 0.05) is 34.6 Å². The predicted octanol–water partition coefficient (Wildman–Crippen LogP) is 4.55. The van der Waals surface area contributed by atoms with E-state index in [9.17, 15) is 0 Å². The van der Waals surface area contributed by atoms with E-state index >= 15 is 0 Å². The van der Waals surface area contributed by atoms with Gasteiger partial charge in [-0.3, -0.25) is 14.5 Å². The summed E-state index contributed by atoms with van der Waals surface area (Å²) < 4.78 is 2.08. The monoisotopic (exact) mass is 359 g/mol. The molecule has 0 aliphatic rings. The van der Waals surface area contributed by atoms with Crippen LogP contribution in [0.2, 0.25) is 0 Å². The van der Waals surface area contributed by atoms with Gasteiger partial charge in [-0.1, -0.05) is 24.0 Å². The molecule has 0 fully saturated rings. The Hall–Kier alpha value is -3.97. The van der Waals surface area contributed by atoms with E-state index < -0.39 is 0 Å². The Morgan fingerprint density at radius 1 is 0.821 bits per heavy atom. The van der Waals surface area contributed by atoms with E-state index in [1.807, 2.05) is 61.1 Å². The molecular weight excluding hydrogens is 344 g/mol. The van der Waals surface area contributed by atoms with Gasteiger partial charge in [0.1, 0.15) is 11.8 Å². The maximum absolute atomic E-state index is 4.55. The second kappa shape index (κ2) is 6.64. The molecule has 131 valence electrons. The lowest BCUT2D eigenvalue weighted by molar-refractivity contribution is 1.09. The summed E-state index contributed by atoms with van der Waals surface area (Å²) in [6.07, 6.45) is 7.14. The maximum Gasteiger partial charge on any atom is 0.108 e. The average molecular weight is 359 g/mol. The summed E-state index contributed by atoms with van der Waals surface area (Å²) in [5.41, 5.74) is 6.56. The molecule has 4 nitrogen and oxygen atoms in total. The average Bonchev–Trinajstić information content (AvgIpc) is 3.18. The Morgan fingerprint density at radius 3 is 2.61 bits per heavy atom. The van der Waals surface area contributed by atoms with Gasteiger partial charge in [0.05, 0.1) is 17.2 Å². The molecule has 0 saturated heterocycles. The maximum atomic E-state index is 4.55. The molecule has 3 aromatic heterocycles. The molecule has 0 aliphatic heterocycles. The Labute approximate surface area is 162 Å². The second-order valence-corrected chi connectivity index (χ2v) is 6.50. The van der Waals surface area contributed by atoms with Gasteiger partial charge in [-0.05, 0) is 55.0 Å². The molecule has 28 heavy (non-hydrogen) atoms. The molecule has 2 aromatic carbocycles. The van der Waals surface area contributed by atoms with Crippen molar-refractivity contribution in [3.8, 4) is 17.5 Å². The predicted molar refractivity (Wildman–Crippen MR) is 111 cm³/mol. The summed E-state index contributed by atoms with van der Waals surface area (Å²) in [6, 6.07) is 18.0. The van der Waals surface area contributed by atoms with Crippen molar-refractivity contribution in [2.24, 2.45) is 0 Å². The van der Waals surface area contributed by atoms with Crippen molar-refractivity contribution in [2.75, 3.05) is 0 Å². The highest BCUT2D eigenvalue weighted by atomic mass is 15.1. The van der Waals surface area contributed by atoms with Crippen molar-refractivity contribution in [3.05, 3.63) is 103 Å². The largest absolute Gasteiger partial charge is 0.298 e. The highest BCUT2D eigenvalue weighted by Crippen LogP contribution is 2.26. The molecule has 5 rings (SSSR count). The van der Waals surface area contributed by atoms with Gasteiger partial charge in [0.25, 0.3) is 0 Å². The van der Waals surface area contributed by atoms with Crippen molar-refractivity contribution < 1.29 is 0 Å². The zero-order valence-electron chi connectivity index (χ0n) is 15.0. The van der Waals surface area contributed by atoms with E-state index in [2.05, 4.69) is 44.4 Å². The van der Waals surface area contributed by atoms with Crippen molar-refractivity contribution in [3.63, 3.8) is 0 Å². The lowest BCUT2D eigenvalue weighted by Gasteiger charge is -2.08. The lowest BCUT2D eigenvalue weighted by atomic mass is 10.1. The summed E-state index contributed by atoms with van der Waals surface area (Å²) in [4.78, 5) is 13.2. The van der Waals surface area contributed by atoms with E-state index in [-0.39, 0.29) is 0 Å². The van der Waals surface area contributed by atoms with Crippen LogP contribution in [0, 0.1) is 18.8 Å². The lowest BCUT2D eigenvalue weighted by Crippen LogP contribution is -1.94. The fraction of sp³-hybridized carbons (Fsp3) is 0. The quantitative estimate of drug-likeness (QED) is 0.412. The molecule has 0 unspecified atom stereocenters. The van der Waals surface area contributed by atoms with Crippen LogP contribution in [-0.4, -0.2) is 19.5 Å². The topological polar surface area (TPSA) is 43.6 Å². The molecule has 0 saturated carbocycles. The molecule has 0 N–H and O–H groups in total. The van der Waals surface area contributed by atoms with Crippen molar-refractivity contribution in [1.82, 2.24) is 19.5 Å². The van der Waals surface area contributed by atoms with Gasteiger partial charge in [-0.15, -0.1) is 0 Å². The third-order valence-electron chi connectivity index (χ3n) is 4.57. The summed E-state index contributed by atoms with van der Waals surface area (Å²) in [6.45, 7) is 4.03. The molecule has 0 spiro atoms. The van der Waals surface area contributed by atoms with Crippen molar-refractivity contribution in [2.45, 2.75) is 0 Å². The number of aromatic nitrogens is 4. The number of fused-ring (bicyclic) bond motifs is 3. The van der Waals surface area contributed by atoms with E-state index in [1.165, 1.54) is 0 Å². The number of imidazole rings is 1. The molecular formula is C24H15N4. The SMILES string of the molecule is [CH2]c1cccc(-n2cnc3cnc4ccc(C#Cc5cccnc5)cc4c32)c1. The van der Waals surface area contributed by atoms with Gasteiger partial charge in [0.15, 0.2) is 0 Å². The molecule has 3 heterocycles. The molecule has 0 aliphatic carbocycles. The van der Waals surface area contributed by atoms with E-state index in [0.29, 0.717) is 0 Å². The zero-order chi connectivity index (χ0) is 18.9. The summed E-state index contributed by atoms with van der Waals surface area (Å²) >= 11 is 0. The summed E-state index contributed by atoms with van der Waals surface area (Å²) in [5, 5.41) is 1.02. The number of nitrogens with zero attached hydrogens (tertiary/aromatic N) is 4. The smallest absolute Gasteiger partial charge is 0.108 e. The molecule has 0 bridgehead atoms. The Bertz CT molecular complexity index is 1370. The number of hydrogen-bond acceptors (Lipinski definition) is 3. The molecule has 0 amide bonds. The standard InChI is InChI=1S/C24H15N4/c1-17-4-2-6-20(12-17)28-16-27-23-15-26-22-10-9-18(13-21(22)24(23)28)7-8-19-5-3-11-25-14-19/h2-6,9-16H,1H2. The Balaban J connectivity index is 1.71. The van der Waals surface area contributed by atoms with Gasteiger partial charge in [0.2, 0.25) is 0 Å². The summed E-state index contributed by atoms with van der Waals surface area (Å²) in [7, 11) is 0. The van der Waals surface area contributed by atoms with Crippen molar-refractivity contribution in [1.29, 1.82) is 0 Å². The van der Waals surface area contributed by atoms with Gasteiger partial charge in [-0.25, -0.2) is 4.98 Å². The van der Waals surface area contributed by atoms with Crippen LogP contribution in [-0.2, 0) is 0 Å². The minimum Gasteiger partial charge on any atom is -0.298 e. The number of rotatable bonds is 1. The normalized spacial score (nSPS) is 10.8. The van der Waals surface area contributed by atoms with Crippen LogP contribution < -0.4 is 0 Å². The third-order valence-corrected chi connectivity index (χ3v) is 4.57. The molecule has 1 radical (unpaired) electrons. The van der Waals surface area contributed by atoms with E-state index in [4.69, 9.17) is 0 Å². The number of hydrogen-bond donors (Lipinski definition) is 0. The second-order valence-electron chi connectivity index (χ2n) is 6.50. The van der Waals surface area contributed by atoms with Crippen LogP contribution in [0.15, 0.2) is 79.5 Å². The first kappa shape index (κ1) is 16.2.